The number of carbonyl (C=O) groups excluding carboxylic acids is 2. The second-order valence-electron chi connectivity index (χ2n) is 16.6. The van der Waals surface area contributed by atoms with Crippen molar-refractivity contribution in [1.82, 2.24) is 5.06 Å². The number of fused-ring (bicyclic) bond motifs is 5. The van der Waals surface area contributed by atoms with Crippen LogP contribution in [0.1, 0.15) is 152 Å². The molecule has 240 valence electrons. The number of nitrogens with zero attached hydrogens (tertiary/aromatic N) is 1. The molecule has 5 nitrogen and oxygen atoms in total. The van der Waals surface area contributed by atoms with Crippen molar-refractivity contribution < 1.29 is 19.2 Å². The van der Waals surface area contributed by atoms with Crippen molar-refractivity contribution in [3.05, 3.63) is 11.6 Å². The molecule has 0 aromatic carbocycles. The summed E-state index contributed by atoms with van der Waals surface area (Å²) in [5, 5.41) is 1.30. The topological polar surface area (TPSA) is 55.8 Å². The van der Waals surface area contributed by atoms with E-state index in [2.05, 4.69) is 47.6 Å². The van der Waals surface area contributed by atoms with Crippen molar-refractivity contribution in [2.75, 3.05) is 0 Å². The average Bonchev–Trinajstić information content (AvgIpc) is 3.26. The first-order chi connectivity index (χ1) is 19.7. The standard InChI is InChI=1S/C37H63NO4/c1-10-11-15-33(39)42-38(34(40)41-35(5,6)7)28-20-22-36(8)27(24-28)16-17-29-31-19-18-30(26(4)14-12-13-25(2)3)37(31,9)23-21-32(29)36/h16,25-26,28-32H,10-15,17-24H2,1-9H3/t26-,28+,29+,30-,31+,32+,36+,37-/m1/s1. The normalized spacial score (nSPS) is 35.0. The van der Waals surface area contributed by atoms with Crippen molar-refractivity contribution in [3.63, 3.8) is 0 Å². The Balaban J connectivity index is 1.48. The van der Waals surface area contributed by atoms with Crippen molar-refractivity contribution in [2.45, 2.75) is 164 Å². The molecular weight excluding hydrogens is 522 g/mol. The highest BCUT2D eigenvalue weighted by Gasteiger charge is 2.59. The average molecular weight is 586 g/mol. The van der Waals surface area contributed by atoms with Crippen LogP contribution in [0.3, 0.4) is 0 Å². The molecule has 8 atom stereocenters. The highest BCUT2D eigenvalue weighted by Crippen LogP contribution is 2.67. The van der Waals surface area contributed by atoms with Crippen LogP contribution in [0.4, 0.5) is 4.79 Å². The lowest BCUT2D eigenvalue weighted by molar-refractivity contribution is -0.197. The molecule has 4 rings (SSSR count). The number of ether oxygens (including phenoxy) is 1. The Bertz CT molecular complexity index is 981. The molecule has 0 aliphatic heterocycles. The third kappa shape index (κ3) is 7.06. The third-order valence-corrected chi connectivity index (χ3v) is 12.1. The molecule has 0 saturated heterocycles. The number of unbranched alkanes of at least 4 members (excludes halogenated alkanes) is 1. The van der Waals surface area contributed by atoms with E-state index in [1.807, 2.05) is 20.8 Å². The van der Waals surface area contributed by atoms with Crippen LogP contribution in [0.15, 0.2) is 11.6 Å². The summed E-state index contributed by atoms with van der Waals surface area (Å²) in [5.41, 5.74) is 1.50. The third-order valence-electron chi connectivity index (χ3n) is 12.1. The molecule has 5 heteroatoms. The molecule has 1 amide bonds. The number of carbonyl (C=O) groups is 2. The van der Waals surface area contributed by atoms with Crippen molar-refractivity contribution >= 4 is 12.1 Å². The van der Waals surface area contributed by atoms with Gasteiger partial charge in [-0.3, -0.25) is 0 Å². The maximum atomic E-state index is 13.3. The van der Waals surface area contributed by atoms with E-state index in [9.17, 15) is 9.59 Å². The van der Waals surface area contributed by atoms with Crippen LogP contribution in [-0.4, -0.2) is 28.8 Å². The molecule has 0 N–H and O–H groups in total. The van der Waals surface area contributed by atoms with Crippen LogP contribution in [0.2, 0.25) is 0 Å². The molecule has 3 saturated carbocycles. The largest absolute Gasteiger partial charge is 0.444 e. The van der Waals surface area contributed by atoms with Crippen LogP contribution in [-0.2, 0) is 14.4 Å². The van der Waals surface area contributed by atoms with E-state index in [1.54, 1.807) is 0 Å². The molecule has 0 unspecified atom stereocenters. The first-order valence-corrected chi connectivity index (χ1v) is 17.6. The predicted molar refractivity (Wildman–Crippen MR) is 171 cm³/mol. The van der Waals surface area contributed by atoms with Crippen LogP contribution in [0.25, 0.3) is 0 Å². The molecule has 0 radical (unpaired) electrons. The highest BCUT2D eigenvalue weighted by molar-refractivity contribution is 5.73. The summed E-state index contributed by atoms with van der Waals surface area (Å²) in [6, 6.07) is -0.169. The molecule has 0 heterocycles. The van der Waals surface area contributed by atoms with Gasteiger partial charge in [-0.05, 0) is 125 Å². The summed E-state index contributed by atoms with van der Waals surface area (Å²) < 4.78 is 5.72. The lowest BCUT2D eigenvalue weighted by Gasteiger charge is -2.58. The van der Waals surface area contributed by atoms with Gasteiger partial charge < -0.3 is 9.57 Å². The molecule has 4 aliphatic carbocycles. The van der Waals surface area contributed by atoms with Crippen molar-refractivity contribution in [2.24, 2.45) is 46.3 Å². The monoisotopic (exact) mass is 585 g/mol. The summed E-state index contributed by atoms with van der Waals surface area (Å²) in [5.74, 6) is 4.49. The zero-order valence-corrected chi connectivity index (χ0v) is 28.6. The van der Waals surface area contributed by atoms with Crippen LogP contribution in [0, 0.1) is 46.3 Å². The number of hydrogen-bond acceptors (Lipinski definition) is 4. The molecule has 4 aliphatic rings. The van der Waals surface area contributed by atoms with Gasteiger partial charge in [0.1, 0.15) is 5.60 Å². The minimum atomic E-state index is -0.647. The van der Waals surface area contributed by atoms with Crippen LogP contribution in [0.5, 0.6) is 0 Å². The minimum absolute atomic E-state index is 0.169. The van der Waals surface area contributed by atoms with E-state index in [-0.39, 0.29) is 17.4 Å². The summed E-state index contributed by atoms with van der Waals surface area (Å²) in [4.78, 5) is 31.7. The quantitative estimate of drug-likeness (QED) is 0.199. The fourth-order valence-corrected chi connectivity index (χ4v) is 9.91. The first-order valence-electron chi connectivity index (χ1n) is 17.6. The van der Waals surface area contributed by atoms with Gasteiger partial charge in [-0.1, -0.05) is 78.9 Å². The Hall–Kier alpha value is -1.52. The Morgan fingerprint density at radius 2 is 1.74 bits per heavy atom. The van der Waals surface area contributed by atoms with Gasteiger partial charge in [-0.25, -0.2) is 9.59 Å². The smallest absolute Gasteiger partial charge is 0.442 e. The zero-order valence-electron chi connectivity index (χ0n) is 28.6. The minimum Gasteiger partial charge on any atom is -0.442 e. The Kier molecular flexibility index (Phi) is 10.5. The van der Waals surface area contributed by atoms with Gasteiger partial charge in [0.2, 0.25) is 0 Å². The number of hydrogen-bond donors (Lipinski definition) is 0. The summed E-state index contributed by atoms with van der Waals surface area (Å²) in [7, 11) is 0. The predicted octanol–water partition coefficient (Wildman–Crippen LogP) is 10.3. The van der Waals surface area contributed by atoms with Gasteiger partial charge in [0.25, 0.3) is 0 Å². The Labute approximate surface area is 257 Å². The molecule has 0 aromatic rings. The SMILES string of the molecule is CCCCC(=O)ON(C(=O)OC(C)(C)C)[C@H]1CC[C@@]2(C)C(=CC[C@H]3[C@@H]4CC[C@H]([C@H](C)CCCC(C)C)[C@@]4(C)CC[C@@H]32)C1. The van der Waals surface area contributed by atoms with E-state index >= 15 is 0 Å². The van der Waals surface area contributed by atoms with Gasteiger partial charge in [0, 0.05) is 6.42 Å². The fraction of sp³-hybridized carbons (Fsp3) is 0.892. The molecule has 0 aromatic heterocycles. The van der Waals surface area contributed by atoms with E-state index in [1.165, 1.54) is 62.0 Å². The van der Waals surface area contributed by atoms with E-state index in [0.29, 0.717) is 17.8 Å². The van der Waals surface area contributed by atoms with Gasteiger partial charge in [-0.2, -0.15) is 0 Å². The number of rotatable bonds is 9. The lowest BCUT2D eigenvalue weighted by Crippen LogP contribution is -2.53. The van der Waals surface area contributed by atoms with Gasteiger partial charge in [0.15, 0.2) is 0 Å². The van der Waals surface area contributed by atoms with Crippen molar-refractivity contribution in [1.29, 1.82) is 0 Å². The number of amides is 1. The first kappa shape index (κ1) is 33.4. The van der Waals surface area contributed by atoms with Crippen molar-refractivity contribution in [3.8, 4) is 0 Å². The number of allylic oxidation sites excluding steroid dienone is 1. The molecule has 0 bridgehead atoms. The molecule has 42 heavy (non-hydrogen) atoms. The van der Waals surface area contributed by atoms with Gasteiger partial charge in [0.05, 0.1) is 6.04 Å². The van der Waals surface area contributed by atoms with Gasteiger partial charge in [-0.15, -0.1) is 5.06 Å². The summed E-state index contributed by atoms with van der Waals surface area (Å²) in [6.07, 6.45) is 17.5. The molecular formula is C37H63NO4. The highest BCUT2D eigenvalue weighted by atomic mass is 16.8. The maximum absolute atomic E-state index is 13.3. The summed E-state index contributed by atoms with van der Waals surface area (Å²) >= 11 is 0. The second kappa shape index (κ2) is 13.2. The van der Waals surface area contributed by atoms with E-state index < -0.39 is 11.7 Å². The summed E-state index contributed by atoms with van der Waals surface area (Å²) in [6.45, 7) is 20.1. The Morgan fingerprint density at radius 1 is 1.00 bits per heavy atom. The van der Waals surface area contributed by atoms with E-state index in [4.69, 9.17) is 9.57 Å². The van der Waals surface area contributed by atoms with Crippen LogP contribution >= 0.6 is 0 Å². The van der Waals surface area contributed by atoms with Crippen LogP contribution < -0.4 is 0 Å². The lowest BCUT2D eigenvalue weighted by atomic mass is 9.47. The maximum Gasteiger partial charge on any atom is 0.444 e. The molecule has 0 spiro atoms. The zero-order chi connectivity index (χ0) is 30.9. The fourth-order valence-electron chi connectivity index (χ4n) is 9.91. The van der Waals surface area contributed by atoms with E-state index in [0.717, 1.165) is 61.7 Å². The number of hydroxylamine groups is 2. The molecule has 3 fully saturated rings. The second-order valence-corrected chi connectivity index (χ2v) is 16.6. The Morgan fingerprint density at radius 3 is 2.40 bits per heavy atom. The van der Waals surface area contributed by atoms with Gasteiger partial charge >= 0.3 is 12.1 Å².